The number of halogens is 2. The van der Waals surface area contributed by atoms with E-state index in [1.54, 1.807) is 0 Å². The van der Waals surface area contributed by atoms with E-state index in [0.717, 1.165) is 6.07 Å². The van der Waals surface area contributed by atoms with Gasteiger partial charge in [-0.3, -0.25) is 4.79 Å². The minimum Gasteiger partial charge on any atom is -0.475 e. The Morgan fingerprint density at radius 3 is 2.50 bits per heavy atom. The van der Waals surface area contributed by atoms with Crippen molar-refractivity contribution in [3.8, 4) is 0 Å². The van der Waals surface area contributed by atoms with E-state index in [1.807, 2.05) is 0 Å². The second-order valence-electron chi connectivity index (χ2n) is 2.72. The summed E-state index contributed by atoms with van der Waals surface area (Å²) in [6.07, 6.45) is 0. The number of rotatable bonds is 2. The quantitative estimate of drug-likeness (QED) is 0.655. The van der Waals surface area contributed by atoms with Crippen LogP contribution in [-0.4, -0.2) is 16.9 Å². The van der Waals surface area contributed by atoms with Crippen LogP contribution in [0.1, 0.15) is 15.9 Å². The number of Topliss-reactive ketones (excluding diaryl/α,β-unsaturated/α-hetero) is 1. The molecule has 0 aliphatic rings. The zero-order valence-electron chi connectivity index (χ0n) is 7.17. The molecule has 0 unspecified atom stereocenters. The predicted molar refractivity (Wildman–Crippen MR) is 50.8 cm³/mol. The first kappa shape index (κ1) is 10.8. The number of ketones is 1. The van der Waals surface area contributed by atoms with Crippen molar-refractivity contribution in [1.29, 1.82) is 0 Å². The van der Waals surface area contributed by atoms with E-state index in [9.17, 15) is 14.0 Å². The maximum atomic E-state index is 12.9. The average molecular weight is 261 g/mol. The topological polar surface area (TPSA) is 54.4 Å². The number of carbonyl (C=O) groups excluding carboxylic acids is 1. The summed E-state index contributed by atoms with van der Waals surface area (Å²) in [5, 5.41) is 8.46. The third-order valence-electron chi connectivity index (χ3n) is 1.71. The van der Waals surface area contributed by atoms with E-state index in [-0.39, 0.29) is 10.0 Å². The summed E-state index contributed by atoms with van der Waals surface area (Å²) in [5.74, 6) is -3.11. The van der Waals surface area contributed by atoms with Crippen molar-refractivity contribution in [2.75, 3.05) is 0 Å². The Morgan fingerprint density at radius 1 is 1.43 bits per heavy atom. The Balaban J connectivity index is 3.29. The Morgan fingerprint density at radius 2 is 2.00 bits per heavy atom. The number of hydrogen-bond acceptors (Lipinski definition) is 2. The third-order valence-corrected chi connectivity index (χ3v) is 2.31. The van der Waals surface area contributed by atoms with Gasteiger partial charge in [-0.15, -0.1) is 0 Å². The summed E-state index contributed by atoms with van der Waals surface area (Å²) in [4.78, 5) is 21.5. The van der Waals surface area contributed by atoms with Crippen LogP contribution in [-0.2, 0) is 4.79 Å². The normalized spacial score (nSPS) is 9.93. The van der Waals surface area contributed by atoms with Gasteiger partial charge in [0.1, 0.15) is 5.82 Å². The highest BCUT2D eigenvalue weighted by molar-refractivity contribution is 9.10. The van der Waals surface area contributed by atoms with Gasteiger partial charge in [-0.1, -0.05) is 0 Å². The van der Waals surface area contributed by atoms with Gasteiger partial charge in [0.2, 0.25) is 0 Å². The Hall–Kier alpha value is -1.23. The SMILES string of the molecule is Cc1cc(F)c(Br)cc1C(=O)C(=O)O. The van der Waals surface area contributed by atoms with Crippen LogP contribution in [0.4, 0.5) is 4.39 Å². The van der Waals surface area contributed by atoms with E-state index in [0.29, 0.717) is 5.56 Å². The molecule has 0 bridgehead atoms. The van der Waals surface area contributed by atoms with Crippen molar-refractivity contribution in [3.05, 3.63) is 33.5 Å². The molecule has 0 fully saturated rings. The zero-order chi connectivity index (χ0) is 10.9. The van der Waals surface area contributed by atoms with Gasteiger partial charge in [0, 0.05) is 5.56 Å². The van der Waals surface area contributed by atoms with E-state index in [1.165, 1.54) is 13.0 Å². The van der Waals surface area contributed by atoms with Crippen molar-refractivity contribution in [1.82, 2.24) is 0 Å². The molecule has 0 radical (unpaired) electrons. The Labute approximate surface area is 87.7 Å². The van der Waals surface area contributed by atoms with Crippen molar-refractivity contribution in [3.63, 3.8) is 0 Å². The molecular weight excluding hydrogens is 255 g/mol. The number of carboxylic acid groups (broad SMARTS) is 1. The molecule has 1 aromatic rings. The average Bonchev–Trinajstić information content (AvgIpc) is 2.10. The minimum absolute atomic E-state index is 0.00854. The lowest BCUT2D eigenvalue weighted by molar-refractivity contribution is -0.131. The lowest BCUT2D eigenvalue weighted by Gasteiger charge is -2.03. The molecule has 74 valence electrons. The van der Waals surface area contributed by atoms with Crippen LogP contribution in [0.15, 0.2) is 16.6 Å². The second-order valence-corrected chi connectivity index (χ2v) is 3.57. The standard InChI is InChI=1S/C9H6BrFO3/c1-4-2-7(11)6(10)3-5(4)8(12)9(13)14/h2-3H,1H3,(H,13,14). The number of benzene rings is 1. The van der Waals surface area contributed by atoms with Crippen molar-refractivity contribution in [2.24, 2.45) is 0 Å². The second kappa shape index (κ2) is 3.88. The first-order valence-electron chi connectivity index (χ1n) is 3.66. The fourth-order valence-corrected chi connectivity index (χ4v) is 1.35. The monoisotopic (exact) mass is 260 g/mol. The first-order chi connectivity index (χ1) is 6.43. The molecule has 0 amide bonds. The molecular formula is C9H6BrFO3. The first-order valence-corrected chi connectivity index (χ1v) is 4.46. The van der Waals surface area contributed by atoms with Crippen LogP contribution in [0.3, 0.4) is 0 Å². The van der Waals surface area contributed by atoms with E-state index < -0.39 is 17.6 Å². The lowest BCUT2D eigenvalue weighted by atomic mass is 10.0. The number of aryl methyl sites for hydroxylation is 1. The van der Waals surface area contributed by atoms with Gasteiger partial charge >= 0.3 is 5.97 Å². The highest BCUT2D eigenvalue weighted by Gasteiger charge is 2.18. The van der Waals surface area contributed by atoms with Gasteiger partial charge in [0.25, 0.3) is 5.78 Å². The Kier molecular flexibility index (Phi) is 3.00. The van der Waals surface area contributed by atoms with Crippen molar-refractivity contribution >= 4 is 27.7 Å². The smallest absolute Gasteiger partial charge is 0.377 e. The predicted octanol–water partition coefficient (Wildman–Crippen LogP) is 2.16. The van der Waals surface area contributed by atoms with Crippen LogP contribution < -0.4 is 0 Å². The van der Waals surface area contributed by atoms with Crippen LogP contribution in [0.5, 0.6) is 0 Å². The molecule has 0 saturated heterocycles. The molecule has 0 aliphatic heterocycles. The molecule has 1 rings (SSSR count). The molecule has 0 aromatic heterocycles. The minimum atomic E-state index is -1.55. The van der Waals surface area contributed by atoms with Gasteiger partial charge in [-0.25, -0.2) is 9.18 Å². The molecule has 3 nitrogen and oxygen atoms in total. The number of carbonyl (C=O) groups is 2. The largest absolute Gasteiger partial charge is 0.475 e. The van der Waals surface area contributed by atoms with Crippen molar-refractivity contribution in [2.45, 2.75) is 6.92 Å². The molecule has 14 heavy (non-hydrogen) atoms. The summed E-state index contributed by atoms with van der Waals surface area (Å²) in [5.41, 5.74) is 0.295. The fourth-order valence-electron chi connectivity index (χ4n) is 1.01. The van der Waals surface area contributed by atoms with Gasteiger partial charge in [-0.2, -0.15) is 0 Å². The van der Waals surface area contributed by atoms with Crippen LogP contribution >= 0.6 is 15.9 Å². The molecule has 0 atom stereocenters. The van der Waals surface area contributed by atoms with E-state index in [4.69, 9.17) is 5.11 Å². The summed E-state index contributed by atoms with van der Waals surface area (Å²) >= 11 is 2.88. The molecule has 0 spiro atoms. The number of hydrogen-bond donors (Lipinski definition) is 1. The summed E-state index contributed by atoms with van der Waals surface area (Å²) in [6, 6.07) is 2.28. The molecule has 1 N–H and O–H groups in total. The molecule has 0 saturated carbocycles. The van der Waals surface area contributed by atoms with E-state index in [2.05, 4.69) is 15.9 Å². The van der Waals surface area contributed by atoms with Crippen molar-refractivity contribution < 1.29 is 19.1 Å². The van der Waals surface area contributed by atoms with Gasteiger partial charge in [0.05, 0.1) is 4.47 Å². The maximum Gasteiger partial charge on any atom is 0.377 e. The lowest BCUT2D eigenvalue weighted by Crippen LogP contribution is -2.14. The molecule has 0 heterocycles. The van der Waals surface area contributed by atoms with E-state index >= 15 is 0 Å². The molecule has 1 aromatic carbocycles. The van der Waals surface area contributed by atoms with Gasteiger partial charge in [0.15, 0.2) is 0 Å². The number of aliphatic carboxylic acids is 1. The summed E-state index contributed by atoms with van der Waals surface area (Å²) in [6.45, 7) is 1.48. The van der Waals surface area contributed by atoms with Crippen LogP contribution in [0, 0.1) is 12.7 Å². The molecule has 0 aliphatic carbocycles. The van der Waals surface area contributed by atoms with Crippen LogP contribution in [0.25, 0.3) is 0 Å². The highest BCUT2D eigenvalue weighted by Crippen LogP contribution is 2.20. The third kappa shape index (κ3) is 1.98. The number of carboxylic acids is 1. The maximum absolute atomic E-state index is 12.9. The summed E-state index contributed by atoms with van der Waals surface area (Å²) in [7, 11) is 0. The molecule has 5 heteroatoms. The Bertz CT molecular complexity index is 415. The van der Waals surface area contributed by atoms with Gasteiger partial charge in [-0.05, 0) is 40.5 Å². The van der Waals surface area contributed by atoms with Crippen LogP contribution in [0.2, 0.25) is 0 Å². The van der Waals surface area contributed by atoms with Gasteiger partial charge < -0.3 is 5.11 Å². The summed E-state index contributed by atoms with van der Waals surface area (Å²) < 4.78 is 13.0. The zero-order valence-corrected chi connectivity index (χ0v) is 8.76. The fraction of sp³-hybridized carbons (Fsp3) is 0.111. The highest BCUT2D eigenvalue weighted by atomic mass is 79.9.